The van der Waals surface area contributed by atoms with Crippen LogP contribution in [0.5, 0.6) is 0 Å². The van der Waals surface area contributed by atoms with E-state index < -0.39 is 0 Å². The Bertz CT molecular complexity index is 1300. The van der Waals surface area contributed by atoms with Crippen LogP contribution in [-0.2, 0) is 0 Å². The van der Waals surface area contributed by atoms with E-state index in [1.807, 2.05) is 23.9 Å². The predicted octanol–water partition coefficient (Wildman–Crippen LogP) is 6.55. The summed E-state index contributed by atoms with van der Waals surface area (Å²) < 4.78 is 1.90. The molecule has 0 saturated heterocycles. The van der Waals surface area contributed by atoms with Crippen LogP contribution in [0.25, 0.3) is 27.2 Å². The molecule has 3 heteroatoms. The summed E-state index contributed by atoms with van der Waals surface area (Å²) in [6, 6.07) is 29.5. The Balaban J connectivity index is 1.68. The lowest BCUT2D eigenvalue weighted by atomic mass is 9.97. The number of aryl methyl sites for hydroxylation is 2. The van der Waals surface area contributed by atoms with Crippen molar-refractivity contribution in [2.45, 2.75) is 13.8 Å². The maximum Gasteiger partial charge on any atom is 0.155 e. The predicted molar refractivity (Wildman–Crippen MR) is 122 cm³/mol. The first-order valence-electron chi connectivity index (χ1n) is 9.77. The lowest BCUT2D eigenvalue weighted by molar-refractivity contribution is 0.863. The molecule has 0 N–H and O–H groups in total. The second kappa shape index (κ2) is 7.02. The molecule has 0 radical (unpaired) electrons. The van der Waals surface area contributed by atoms with E-state index >= 15 is 0 Å². The van der Waals surface area contributed by atoms with Gasteiger partial charge in [0, 0.05) is 17.8 Å². The number of hydrogen-bond acceptors (Lipinski definition) is 2. The zero-order chi connectivity index (χ0) is 19.8. The van der Waals surface area contributed by atoms with Crippen molar-refractivity contribution in [2.24, 2.45) is 4.99 Å². The Labute approximate surface area is 170 Å². The van der Waals surface area contributed by atoms with Gasteiger partial charge in [-0.3, -0.25) is 0 Å². The van der Waals surface area contributed by atoms with Gasteiger partial charge in [-0.05, 0) is 53.6 Å². The topological polar surface area (TPSA) is 30.2 Å². The largest absolute Gasteiger partial charge is 0.236 e. The molecule has 5 aromatic rings. The molecule has 0 fully saturated rings. The van der Waals surface area contributed by atoms with Crippen molar-refractivity contribution in [1.82, 2.24) is 9.78 Å². The standard InChI is InChI=1S/C26H21N3/c1-18-11-13-22(14-12-18)29-26(15-19(2)28-29)27-17-25-23-9-5-3-7-20(23)16-21-8-4-6-10-24(21)25/h3-17H,1-2H3. The van der Waals surface area contributed by atoms with Crippen molar-refractivity contribution in [3.8, 4) is 5.69 Å². The van der Waals surface area contributed by atoms with Gasteiger partial charge in [0.1, 0.15) is 0 Å². The number of benzene rings is 4. The summed E-state index contributed by atoms with van der Waals surface area (Å²) in [5, 5.41) is 9.49. The van der Waals surface area contributed by atoms with Crippen molar-refractivity contribution in [1.29, 1.82) is 0 Å². The van der Waals surface area contributed by atoms with Gasteiger partial charge >= 0.3 is 0 Å². The van der Waals surface area contributed by atoms with Crippen LogP contribution in [0.15, 0.2) is 89.9 Å². The Kier molecular flexibility index (Phi) is 4.21. The Morgan fingerprint density at radius 2 is 1.38 bits per heavy atom. The molecule has 140 valence electrons. The van der Waals surface area contributed by atoms with Crippen LogP contribution in [0.1, 0.15) is 16.8 Å². The molecule has 4 aromatic carbocycles. The van der Waals surface area contributed by atoms with E-state index in [2.05, 4.69) is 90.9 Å². The van der Waals surface area contributed by atoms with Crippen molar-refractivity contribution >= 4 is 33.6 Å². The minimum absolute atomic E-state index is 0.823. The molecule has 0 aliphatic heterocycles. The summed E-state index contributed by atoms with van der Waals surface area (Å²) in [6.07, 6.45) is 1.98. The van der Waals surface area contributed by atoms with E-state index in [-0.39, 0.29) is 0 Å². The molecule has 1 aromatic heterocycles. The summed E-state index contributed by atoms with van der Waals surface area (Å²) >= 11 is 0. The highest BCUT2D eigenvalue weighted by Crippen LogP contribution is 2.28. The average Bonchev–Trinajstić information content (AvgIpc) is 3.12. The third-order valence-corrected chi connectivity index (χ3v) is 5.23. The van der Waals surface area contributed by atoms with E-state index in [0.717, 1.165) is 22.8 Å². The Hall–Kier alpha value is -3.72. The van der Waals surface area contributed by atoms with E-state index in [1.54, 1.807) is 0 Å². The summed E-state index contributed by atoms with van der Waals surface area (Å²) in [5.74, 6) is 0.823. The number of hydrogen-bond donors (Lipinski definition) is 0. The van der Waals surface area contributed by atoms with Gasteiger partial charge in [0.25, 0.3) is 0 Å². The van der Waals surface area contributed by atoms with Gasteiger partial charge in [-0.1, -0.05) is 66.2 Å². The first-order chi connectivity index (χ1) is 14.2. The molecular formula is C26H21N3. The first kappa shape index (κ1) is 17.4. The molecule has 0 spiro atoms. The third-order valence-electron chi connectivity index (χ3n) is 5.23. The Morgan fingerprint density at radius 1 is 0.759 bits per heavy atom. The molecule has 0 bridgehead atoms. The van der Waals surface area contributed by atoms with Gasteiger partial charge in [0.15, 0.2) is 5.82 Å². The monoisotopic (exact) mass is 375 g/mol. The van der Waals surface area contributed by atoms with Crippen LogP contribution in [0.4, 0.5) is 5.82 Å². The lowest BCUT2D eigenvalue weighted by Crippen LogP contribution is -1.96. The van der Waals surface area contributed by atoms with Gasteiger partial charge < -0.3 is 0 Å². The second-order valence-electron chi connectivity index (χ2n) is 7.38. The van der Waals surface area contributed by atoms with Crippen LogP contribution >= 0.6 is 0 Å². The van der Waals surface area contributed by atoms with Gasteiger partial charge in [0.05, 0.1) is 11.4 Å². The van der Waals surface area contributed by atoms with Crippen LogP contribution in [0.2, 0.25) is 0 Å². The number of aliphatic imine (C=N–C) groups is 1. The Morgan fingerprint density at radius 3 is 2.03 bits per heavy atom. The fraction of sp³-hybridized carbons (Fsp3) is 0.0769. The maximum absolute atomic E-state index is 4.87. The molecule has 0 aliphatic carbocycles. The summed E-state index contributed by atoms with van der Waals surface area (Å²) in [7, 11) is 0. The zero-order valence-electron chi connectivity index (χ0n) is 16.5. The summed E-state index contributed by atoms with van der Waals surface area (Å²) in [5.41, 5.74) is 4.32. The van der Waals surface area contributed by atoms with E-state index in [4.69, 9.17) is 4.99 Å². The third kappa shape index (κ3) is 3.21. The molecule has 0 unspecified atom stereocenters. The number of fused-ring (bicyclic) bond motifs is 2. The smallest absolute Gasteiger partial charge is 0.155 e. The van der Waals surface area contributed by atoms with E-state index in [1.165, 1.54) is 27.1 Å². The summed E-state index contributed by atoms with van der Waals surface area (Å²) in [4.78, 5) is 4.87. The highest BCUT2D eigenvalue weighted by Gasteiger charge is 2.08. The zero-order valence-corrected chi connectivity index (χ0v) is 16.5. The molecule has 1 heterocycles. The molecular weight excluding hydrogens is 354 g/mol. The van der Waals surface area contributed by atoms with Crippen LogP contribution in [-0.4, -0.2) is 16.0 Å². The van der Waals surface area contributed by atoms with Crippen molar-refractivity contribution in [2.75, 3.05) is 0 Å². The fourth-order valence-electron chi connectivity index (χ4n) is 3.77. The summed E-state index contributed by atoms with van der Waals surface area (Å²) in [6.45, 7) is 4.08. The SMILES string of the molecule is Cc1ccc(-n2nc(C)cc2N=Cc2c3ccccc3cc3ccccc23)cc1. The van der Waals surface area contributed by atoms with E-state index in [9.17, 15) is 0 Å². The molecule has 0 aliphatic rings. The second-order valence-corrected chi connectivity index (χ2v) is 7.38. The van der Waals surface area contributed by atoms with Crippen molar-refractivity contribution in [3.63, 3.8) is 0 Å². The minimum atomic E-state index is 0.823. The molecule has 3 nitrogen and oxygen atoms in total. The van der Waals surface area contributed by atoms with Crippen LogP contribution in [0.3, 0.4) is 0 Å². The molecule has 29 heavy (non-hydrogen) atoms. The molecule has 5 rings (SSSR count). The highest BCUT2D eigenvalue weighted by molar-refractivity contribution is 6.13. The van der Waals surface area contributed by atoms with Crippen LogP contribution < -0.4 is 0 Å². The first-order valence-corrected chi connectivity index (χ1v) is 9.77. The molecule has 0 atom stereocenters. The highest BCUT2D eigenvalue weighted by atomic mass is 15.3. The number of nitrogens with zero attached hydrogens (tertiary/aromatic N) is 3. The van der Waals surface area contributed by atoms with Gasteiger partial charge in [0.2, 0.25) is 0 Å². The van der Waals surface area contributed by atoms with Crippen molar-refractivity contribution < 1.29 is 0 Å². The number of rotatable bonds is 3. The average molecular weight is 375 g/mol. The van der Waals surface area contributed by atoms with Gasteiger partial charge in [-0.2, -0.15) is 5.10 Å². The fourth-order valence-corrected chi connectivity index (χ4v) is 3.77. The minimum Gasteiger partial charge on any atom is -0.236 e. The number of aromatic nitrogens is 2. The van der Waals surface area contributed by atoms with E-state index in [0.29, 0.717) is 0 Å². The molecule has 0 amide bonds. The van der Waals surface area contributed by atoms with Crippen LogP contribution in [0, 0.1) is 13.8 Å². The lowest BCUT2D eigenvalue weighted by Gasteiger charge is -2.08. The molecule has 0 saturated carbocycles. The maximum atomic E-state index is 4.87. The quantitative estimate of drug-likeness (QED) is 0.260. The van der Waals surface area contributed by atoms with Gasteiger partial charge in [-0.15, -0.1) is 0 Å². The van der Waals surface area contributed by atoms with Gasteiger partial charge in [-0.25, -0.2) is 9.67 Å². The van der Waals surface area contributed by atoms with Crippen molar-refractivity contribution in [3.05, 3.63) is 102 Å². The normalized spacial score (nSPS) is 11.7.